The van der Waals surface area contributed by atoms with E-state index in [0.29, 0.717) is 11.4 Å². The van der Waals surface area contributed by atoms with Crippen LogP contribution in [-0.2, 0) is 9.53 Å². The van der Waals surface area contributed by atoms with E-state index in [0.717, 1.165) is 40.5 Å². The number of carbonyl (C=O) groups is 1. The third-order valence-corrected chi connectivity index (χ3v) is 6.16. The van der Waals surface area contributed by atoms with Gasteiger partial charge in [-0.2, -0.15) is 0 Å². The zero-order valence-electron chi connectivity index (χ0n) is 18.8. The molecule has 168 valence electrons. The number of anilines is 2. The fourth-order valence-corrected chi connectivity index (χ4v) is 4.67. The average molecular weight is 453 g/mol. The minimum Gasteiger partial charge on any atom is -0.495 e. The first-order valence-electron chi connectivity index (χ1n) is 10.7. The van der Waals surface area contributed by atoms with Crippen LogP contribution in [0.3, 0.4) is 0 Å². The van der Waals surface area contributed by atoms with Gasteiger partial charge in [0.15, 0.2) is 5.82 Å². The van der Waals surface area contributed by atoms with Crippen LogP contribution in [0.4, 0.5) is 11.5 Å². The number of carbonyl (C=O) groups excluding carboxylic acids is 1. The molecule has 1 amide bonds. The average Bonchev–Trinajstić information content (AvgIpc) is 2.76. The van der Waals surface area contributed by atoms with Crippen molar-refractivity contribution >= 4 is 40.2 Å². The third-order valence-electron chi connectivity index (χ3n) is 5.21. The summed E-state index contributed by atoms with van der Waals surface area (Å²) in [6, 6.07) is 13.5. The number of thioether (sulfide) groups is 1. The summed E-state index contributed by atoms with van der Waals surface area (Å²) in [6.07, 6.45) is 0.198. The quantitative estimate of drug-likeness (QED) is 0.559. The SMILES string of the molecule is COc1ccc(C)cc1NC(=O)CSc1nc2ccccc2nc1N1C[C@@H](C)O[C@H](C)C1. The topological polar surface area (TPSA) is 76.6 Å². The van der Waals surface area contributed by atoms with Gasteiger partial charge < -0.3 is 19.7 Å². The summed E-state index contributed by atoms with van der Waals surface area (Å²) in [4.78, 5) is 24.7. The predicted molar refractivity (Wildman–Crippen MR) is 129 cm³/mol. The molecule has 32 heavy (non-hydrogen) atoms. The second-order valence-electron chi connectivity index (χ2n) is 8.04. The first-order valence-corrected chi connectivity index (χ1v) is 11.7. The normalized spacial score (nSPS) is 18.6. The molecule has 7 nitrogen and oxygen atoms in total. The number of para-hydroxylation sites is 2. The molecule has 0 spiro atoms. The number of nitrogens with one attached hydrogen (secondary N) is 1. The smallest absolute Gasteiger partial charge is 0.234 e. The van der Waals surface area contributed by atoms with Crippen LogP contribution in [0.5, 0.6) is 5.75 Å². The number of benzene rings is 2. The van der Waals surface area contributed by atoms with Gasteiger partial charge >= 0.3 is 0 Å². The number of rotatable bonds is 6. The van der Waals surface area contributed by atoms with E-state index in [-0.39, 0.29) is 23.9 Å². The Kier molecular flexibility index (Phi) is 6.81. The van der Waals surface area contributed by atoms with Gasteiger partial charge in [0, 0.05) is 13.1 Å². The zero-order chi connectivity index (χ0) is 22.7. The monoisotopic (exact) mass is 452 g/mol. The number of ether oxygens (including phenoxy) is 2. The molecule has 1 N–H and O–H groups in total. The molecule has 0 aliphatic carbocycles. The highest BCUT2D eigenvalue weighted by Gasteiger charge is 2.26. The molecule has 1 aliphatic heterocycles. The van der Waals surface area contributed by atoms with Gasteiger partial charge in [0.1, 0.15) is 10.8 Å². The third kappa shape index (κ3) is 5.14. The first kappa shape index (κ1) is 22.4. The van der Waals surface area contributed by atoms with Gasteiger partial charge in [-0.25, -0.2) is 9.97 Å². The van der Waals surface area contributed by atoms with Crippen molar-refractivity contribution in [2.24, 2.45) is 0 Å². The van der Waals surface area contributed by atoms with Crippen LogP contribution in [0.2, 0.25) is 0 Å². The first-order chi connectivity index (χ1) is 15.4. The number of aromatic nitrogens is 2. The molecule has 0 bridgehead atoms. The Hall–Kier alpha value is -2.84. The number of amides is 1. The molecule has 1 aliphatic rings. The molecule has 1 fully saturated rings. The molecule has 0 saturated carbocycles. The summed E-state index contributed by atoms with van der Waals surface area (Å²) in [5.74, 6) is 1.53. The van der Waals surface area contributed by atoms with E-state index in [2.05, 4.69) is 24.1 Å². The number of hydrogen-bond acceptors (Lipinski definition) is 7. The lowest BCUT2D eigenvalue weighted by Gasteiger charge is -2.36. The van der Waals surface area contributed by atoms with Crippen LogP contribution in [0.1, 0.15) is 19.4 Å². The highest BCUT2D eigenvalue weighted by molar-refractivity contribution is 8.00. The maximum Gasteiger partial charge on any atom is 0.234 e. The Balaban J connectivity index is 1.56. The van der Waals surface area contributed by atoms with Crippen LogP contribution >= 0.6 is 11.8 Å². The van der Waals surface area contributed by atoms with E-state index in [9.17, 15) is 4.79 Å². The van der Waals surface area contributed by atoms with Gasteiger partial charge in [-0.3, -0.25) is 4.79 Å². The predicted octanol–water partition coefficient (Wildman–Crippen LogP) is 4.29. The van der Waals surface area contributed by atoms with Crippen LogP contribution in [0, 0.1) is 6.92 Å². The Morgan fingerprint density at radius 1 is 1.16 bits per heavy atom. The molecule has 2 atom stereocenters. The van der Waals surface area contributed by atoms with Gasteiger partial charge in [-0.1, -0.05) is 30.0 Å². The second-order valence-corrected chi connectivity index (χ2v) is 9.01. The Morgan fingerprint density at radius 3 is 2.53 bits per heavy atom. The molecule has 0 unspecified atom stereocenters. The maximum atomic E-state index is 12.8. The van der Waals surface area contributed by atoms with Crippen molar-refractivity contribution in [3.63, 3.8) is 0 Å². The van der Waals surface area contributed by atoms with Crippen molar-refractivity contribution in [3.05, 3.63) is 48.0 Å². The molecule has 8 heteroatoms. The van der Waals surface area contributed by atoms with Crippen molar-refractivity contribution in [3.8, 4) is 5.75 Å². The Morgan fingerprint density at radius 2 is 1.84 bits per heavy atom. The van der Waals surface area contributed by atoms with Gasteiger partial charge in [0.2, 0.25) is 5.91 Å². The van der Waals surface area contributed by atoms with Crippen molar-refractivity contribution < 1.29 is 14.3 Å². The summed E-state index contributed by atoms with van der Waals surface area (Å²) < 4.78 is 11.3. The van der Waals surface area contributed by atoms with Gasteiger partial charge in [-0.05, 0) is 50.6 Å². The molecule has 3 aromatic rings. The van der Waals surface area contributed by atoms with E-state index >= 15 is 0 Å². The minimum atomic E-state index is -0.122. The number of nitrogens with zero attached hydrogens (tertiary/aromatic N) is 3. The van der Waals surface area contributed by atoms with Crippen LogP contribution in [0.25, 0.3) is 11.0 Å². The second kappa shape index (κ2) is 9.75. The van der Waals surface area contributed by atoms with Crippen molar-refractivity contribution in [2.45, 2.75) is 38.0 Å². The van der Waals surface area contributed by atoms with Crippen LogP contribution < -0.4 is 15.0 Å². The van der Waals surface area contributed by atoms with Gasteiger partial charge in [0.05, 0.1) is 41.8 Å². The van der Waals surface area contributed by atoms with Crippen molar-refractivity contribution in [1.82, 2.24) is 9.97 Å². The Bertz CT molecular complexity index is 1110. The van der Waals surface area contributed by atoms with E-state index in [1.165, 1.54) is 11.8 Å². The lowest BCUT2D eigenvalue weighted by atomic mass is 10.2. The molecule has 1 saturated heterocycles. The van der Waals surface area contributed by atoms with Crippen molar-refractivity contribution in [2.75, 3.05) is 36.2 Å². The summed E-state index contributed by atoms with van der Waals surface area (Å²) in [7, 11) is 1.59. The molecule has 4 rings (SSSR count). The fourth-order valence-electron chi connectivity index (χ4n) is 3.87. The highest BCUT2D eigenvalue weighted by atomic mass is 32.2. The maximum absolute atomic E-state index is 12.8. The van der Waals surface area contributed by atoms with E-state index < -0.39 is 0 Å². The van der Waals surface area contributed by atoms with Crippen LogP contribution in [0.15, 0.2) is 47.5 Å². The molecule has 0 radical (unpaired) electrons. The fraction of sp³-hybridized carbons (Fsp3) is 0.375. The summed E-state index contributed by atoms with van der Waals surface area (Å²) in [6.45, 7) is 7.57. The number of fused-ring (bicyclic) bond motifs is 1. The minimum absolute atomic E-state index is 0.0990. The summed E-state index contributed by atoms with van der Waals surface area (Å²) in [5.41, 5.74) is 3.37. The Labute approximate surface area is 192 Å². The van der Waals surface area contributed by atoms with E-state index in [1.54, 1.807) is 7.11 Å². The number of hydrogen-bond donors (Lipinski definition) is 1. The largest absolute Gasteiger partial charge is 0.495 e. The van der Waals surface area contributed by atoms with Gasteiger partial charge in [0.25, 0.3) is 0 Å². The standard InChI is InChI=1S/C24H28N4O3S/c1-15-9-10-21(30-4)20(11-15)25-22(29)14-32-24-23(28-12-16(2)31-17(3)13-28)26-18-7-5-6-8-19(18)27-24/h5-11,16-17H,12-14H2,1-4H3,(H,25,29)/t16-,17-/m1/s1. The number of aryl methyl sites for hydroxylation is 1. The molecule has 2 aromatic carbocycles. The lowest BCUT2D eigenvalue weighted by molar-refractivity contribution is -0.113. The zero-order valence-corrected chi connectivity index (χ0v) is 19.6. The highest BCUT2D eigenvalue weighted by Crippen LogP contribution is 2.31. The van der Waals surface area contributed by atoms with Crippen LogP contribution in [-0.4, -0.2) is 54.0 Å². The van der Waals surface area contributed by atoms with Crippen molar-refractivity contribution in [1.29, 1.82) is 0 Å². The molecular formula is C24H28N4O3S. The number of methoxy groups -OCH3 is 1. The molecule has 2 heterocycles. The summed E-state index contributed by atoms with van der Waals surface area (Å²) in [5, 5.41) is 3.70. The molecular weight excluding hydrogens is 424 g/mol. The summed E-state index contributed by atoms with van der Waals surface area (Å²) >= 11 is 1.39. The van der Waals surface area contributed by atoms with E-state index in [1.807, 2.05) is 49.4 Å². The lowest BCUT2D eigenvalue weighted by Crippen LogP contribution is -2.46. The van der Waals surface area contributed by atoms with E-state index in [4.69, 9.17) is 19.4 Å². The van der Waals surface area contributed by atoms with Gasteiger partial charge in [-0.15, -0.1) is 0 Å². The number of morpholine rings is 1. The molecule has 1 aromatic heterocycles.